The number of ether oxygens (including phenoxy) is 3. The van der Waals surface area contributed by atoms with E-state index in [0.29, 0.717) is 26.4 Å². The molecule has 22 heavy (non-hydrogen) atoms. The number of nitrogens with zero attached hydrogens (tertiary/aromatic N) is 3. The van der Waals surface area contributed by atoms with E-state index in [0.717, 1.165) is 34.0 Å². The first-order valence-corrected chi connectivity index (χ1v) is 8.34. The van der Waals surface area contributed by atoms with Crippen LogP contribution in [0.3, 0.4) is 0 Å². The number of anilines is 1. The fourth-order valence-corrected chi connectivity index (χ4v) is 4.17. The van der Waals surface area contributed by atoms with Crippen LogP contribution in [0.1, 0.15) is 4.88 Å². The molecule has 0 aromatic carbocycles. The van der Waals surface area contributed by atoms with Crippen LogP contribution < -0.4 is 4.90 Å². The van der Waals surface area contributed by atoms with Gasteiger partial charge in [-0.3, -0.25) is 0 Å². The van der Waals surface area contributed by atoms with Crippen molar-refractivity contribution in [3.63, 3.8) is 0 Å². The lowest BCUT2D eigenvalue weighted by Crippen LogP contribution is -2.47. The first kappa shape index (κ1) is 14.6. The Bertz CT molecular complexity index is 692. The third kappa shape index (κ3) is 2.28. The van der Waals surface area contributed by atoms with Gasteiger partial charge in [-0.2, -0.15) is 4.98 Å². The molecular weight excluding hydrogens is 326 g/mol. The first-order chi connectivity index (χ1) is 10.7. The molecule has 118 valence electrons. The number of rotatable bonds is 3. The second-order valence-electron chi connectivity index (χ2n) is 5.43. The fourth-order valence-electron chi connectivity index (χ4n) is 2.75. The Labute approximate surface area is 137 Å². The molecule has 0 amide bonds. The number of hydrogen-bond donors (Lipinski definition) is 0. The van der Waals surface area contributed by atoms with Crippen LogP contribution in [-0.2, 0) is 19.8 Å². The summed E-state index contributed by atoms with van der Waals surface area (Å²) in [4.78, 5) is 12.1. The Balaban J connectivity index is 1.81. The summed E-state index contributed by atoms with van der Waals surface area (Å²) < 4.78 is 17.5. The minimum Gasteiger partial charge on any atom is -0.378 e. The van der Waals surface area contributed by atoms with Crippen molar-refractivity contribution in [1.82, 2.24) is 9.97 Å². The summed E-state index contributed by atoms with van der Waals surface area (Å²) in [6, 6.07) is 2.05. The van der Waals surface area contributed by atoms with Gasteiger partial charge < -0.3 is 19.1 Å². The van der Waals surface area contributed by atoms with Gasteiger partial charge in [-0.05, 0) is 17.7 Å². The van der Waals surface area contributed by atoms with Crippen LogP contribution in [0.25, 0.3) is 10.2 Å². The van der Waals surface area contributed by atoms with Crippen LogP contribution in [0.4, 0.5) is 5.82 Å². The molecule has 2 aromatic rings. The molecule has 0 atom stereocenters. The van der Waals surface area contributed by atoms with Crippen LogP contribution in [0.2, 0.25) is 5.28 Å². The molecule has 2 aliphatic heterocycles. The van der Waals surface area contributed by atoms with Crippen molar-refractivity contribution in [2.24, 2.45) is 0 Å². The van der Waals surface area contributed by atoms with Gasteiger partial charge in [0.2, 0.25) is 5.28 Å². The predicted molar refractivity (Wildman–Crippen MR) is 85.0 cm³/mol. The molecule has 2 aromatic heterocycles. The third-order valence-corrected chi connectivity index (χ3v) is 5.62. The molecule has 2 saturated heterocycles. The van der Waals surface area contributed by atoms with Crippen LogP contribution in [0.5, 0.6) is 0 Å². The summed E-state index contributed by atoms with van der Waals surface area (Å²) in [5, 5.41) is 0.273. The van der Waals surface area contributed by atoms with E-state index in [9.17, 15) is 0 Å². The minimum atomic E-state index is -0.347. The van der Waals surface area contributed by atoms with Crippen molar-refractivity contribution >= 4 is 39.0 Å². The Morgan fingerprint density at radius 3 is 2.68 bits per heavy atom. The maximum absolute atomic E-state index is 6.12. The highest BCUT2D eigenvalue weighted by atomic mass is 35.5. The van der Waals surface area contributed by atoms with Crippen LogP contribution in [0, 0.1) is 0 Å². The van der Waals surface area contributed by atoms with E-state index in [1.807, 2.05) is 6.07 Å². The zero-order chi connectivity index (χ0) is 15.2. The summed E-state index contributed by atoms with van der Waals surface area (Å²) in [5.41, 5.74) is 0.518. The Morgan fingerprint density at radius 2 is 2.05 bits per heavy atom. The van der Waals surface area contributed by atoms with E-state index in [-0.39, 0.29) is 10.9 Å². The Morgan fingerprint density at radius 1 is 1.27 bits per heavy atom. The van der Waals surface area contributed by atoms with Crippen molar-refractivity contribution in [3.05, 3.63) is 16.2 Å². The number of hydrogen-bond acceptors (Lipinski definition) is 7. The summed E-state index contributed by atoms with van der Waals surface area (Å²) in [5.74, 6) is 0.890. The number of thiophene rings is 1. The van der Waals surface area contributed by atoms with E-state index in [1.54, 1.807) is 18.4 Å². The predicted octanol–water partition coefficient (Wildman–Crippen LogP) is 2.05. The van der Waals surface area contributed by atoms with Gasteiger partial charge >= 0.3 is 0 Å². The maximum Gasteiger partial charge on any atom is 0.224 e. The van der Waals surface area contributed by atoms with Gasteiger partial charge in [-0.15, -0.1) is 11.3 Å². The molecule has 0 bridgehead atoms. The quantitative estimate of drug-likeness (QED) is 0.796. The van der Waals surface area contributed by atoms with Crippen LogP contribution >= 0.6 is 22.9 Å². The summed E-state index contributed by atoms with van der Waals surface area (Å²) in [6.45, 7) is 4.19. The molecule has 0 aliphatic carbocycles. The standard InChI is InChI=1S/C14H16ClN3O3S/c1-19-14(7-21-8-14)10-6-9-11(22-10)12(17-13(15)16-9)18-2-4-20-5-3-18/h6H,2-5,7-8H2,1H3. The number of morpholine rings is 1. The van der Waals surface area contributed by atoms with E-state index >= 15 is 0 Å². The Kier molecular flexibility index (Phi) is 3.70. The normalized spacial score (nSPS) is 21.1. The maximum atomic E-state index is 6.12. The van der Waals surface area contributed by atoms with Gasteiger partial charge in [-0.25, -0.2) is 4.98 Å². The topological polar surface area (TPSA) is 56.7 Å². The third-order valence-electron chi connectivity index (χ3n) is 4.15. The summed E-state index contributed by atoms with van der Waals surface area (Å²) in [7, 11) is 1.72. The first-order valence-electron chi connectivity index (χ1n) is 7.15. The molecule has 4 rings (SSSR count). The number of methoxy groups -OCH3 is 1. The lowest BCUT2D eigenvalue weighted by atomic mass is 10.00. The molecule has 4 heterocycles. The molecule has 2 aliphatic rings. The smallest absolute Gasteiger partial charge is 0.224 e. The van der Waals surface area contributed by atoms with Gasteiger partial charge in [0, 0.05) is 25.1 Å². The highest BCUT2D eigenvalue weighted by molar-refractivity contribution is 7.19. The zero-order valence-electron chi connectivity index (χ0n) is 12.2. The van der Waals surface area contributed by atoms with Gasteiger partial charge in [0.25, 0.3) is 0 Å². The van der Waals surface area contributed by atoms with Crippen molar-refractivity contribution in [1.29, 1.82) is 0 Å². The van der Waals surface area contributed by atoms with Gasteiger partial charge in [0.15, 0.2) is 5.82 Å². The number of fused-ring (bicyclic) bond motifs is 1. The zero-order valence-corrected chi connectivity index (χ0v) is 13.7. The van der Waals surface area contributed by atoms with E-state index in [4.69, 9.17) is 25.8 Å². The highest BCUT2D eigenvalue weighted by Crippen LogP contribution is 2.42. The van der Waals surface area contributed by atoms with E-state index < -0.39 is 0 Å². The molecule has 6 nitrogen and oxygen atoms in total. The molecule has 0 radical (unpaired) electrons. The van der Waals surface area contributed by atoms with E-state index in [1.165, 1.54) is 0 Å². The van der Waals surface area contributed by atoms with Crippen molar-refractivity contribution < 1.29 is 14.2 Å². The lowest BCUT2D eigenvalue weighted by Gasteiger charge is -2.39. The SMILES string of the molecule is COC1(c2cc3nc(Cl)nc(N4CCOCC4)c3s2)COC1. The molecule has 0 N–H and O–H groups in total. The fraction of sp³-hybridized carbons (Fsp3) is 0.571. The molecular formula is C14H16ClN3O3S. The monoisotopic (exact) mass is 341 g/mol. The van der Waals surface area contributed by atoms with Crippen molar-refractivity contribution in [3.8, 4) is 0 Å². The lowest BCUT2D eigenvalue weighted by molar-refractivity contribution is -0.200. The highest BCUT2D eigenvalue weighted by Gasteiger charge is 2.42. The largest absolute Gasteiger partial charge is 0.378 e. The summed E-state index contributed by atoms with van der Waals surface area (Å²) >= 11 is 7.78. The molecule has 0 spiro atoms. The molecule has 0 saturated carbocycles. The average Bonchev–Trinajstić information content (AvgIpc) is 2.90. The molecule has 2 fully saturated rings. The molecule has 8 heteroatoms. The average molecular weight is 342 g/mol. The van der Waals surface area contributed by atoms with E-state index in [2.05, 4.69) is 14.9 Å². The number of halogens is 1. The second-order valence-corrected chi connectivity index (χ2v) is 6.82. The molecule has 0 unspecified atom stereocenters. The van der Waals surface area contributed by atoms with Crippen molar-refractivity contribution in [2.45, 2.75) is 5.60 Å². The van der Waals surface area contributed by atoms with Gasteiger partial charge in [-0.1, -0.05) is 0 Å². The summed E-state index contributed by atoms with van der Waals surface area (Å²) in [6.07, 6.45) is 0. The van der Waals surface area contributed by atoms with Gasteiger partial charge in [0.1, 0.15) is 5.60 Å². The van der Waals surface area contributed by atoms with Crippen LogP contribution in [0.15, 0.2) is 6.07 Å². The Hall–Kier alpha value is -0.990. The minimum absolute atomic E-state index is 0.273. The second kappa shape index (κ2) is 5.58. The van der Waals surface area contributed by atoms with Gasteiger partial charge in [0.05, 0.1) is 36.6 Å². The van der Waals surface area contributed by atoms with Crippen molar-refractivity contribution in [2.75, 3.05) is 51.5 Å². The van der Waals surface area contributed by atoms with Crippen LogP contribution in [-0.4, -0.2) is 56.6 Å². The number of aromatic nitrogens is 2.